The number of nitrogen functional groups attached to an aromatic ring is 1. The molecule has 2 aromatic heterocycles. The zero-order valence-electron chi connectivity index (χ0n) is 9.93. The summed E-state index contributed by atoms with van der Waals surface area (Å²) in [4.78, 5) is 12.7. The van der Waals surface area contributed by atoms with Gasteiger partial charge >= 0.3 is 0 Å². The fourth-order valence-electron chi connectivity index (χ4n) is 1.52. The lowest BCUT2D eigenvalue weighted by molar-refractivity contribution is 0.860. The van der Waals surface area contributed by atoms with Crippen LogP contribution in [0.4, 0.5) is 5.82 Å². The molecule has 0 aliphatic rings. The molecule has 0 saturated heterocycles. The first-order valence-electron chi connectivity index (χ1n) is 5.60. The van der Waals surface area contributed by atoms with Crippen LogP contribution in [0.1, 0.15) is 18.9 Å². The number of hydrogen-bond donors (Lipinski definition) is 1. The van der Waals surface area contributed by atoms with E-state index in [2.05, 4.69) is 37.8 Å². The van der Waals surface area contributed by atoms with E-state index < -0.39 is 0 Å². The van der Waals surface area contributed by atoms with Gasteiger partial charge in [-0.05, 0) is 46.2 Å². The Kier molecular flexibility index (Phi) is 4.54. The first kappa shape index (κ1) is 13.3. The lowest BCUT2D eigenvalue weighted by atomic mass is 10.2. The topological polar surface area (TPSA) is 64.7 Å². The van der Waals surface area contributed by atoms with Gasteiger partial charge < -0.3 is 5.73 Å². The minimum absolute atomic E-state index is 0.557. The summed E-state index contributed by atoms with van der Waals surface area (Å²) < 4.78 is 0.953. The van der Waals surface area contributed by atoms with Crippen molar-refractivity contribution in [3.63, 3.8) is 0 Å². The van der Waals surface area contributed by atoms with Gasteiger partial charge in [-0.25, -0.2) is 15.0 Å². The van der Waals surface area contributed by atoms with Crippen LogP contribution in [-0.2, 0) is 6.42 Å². The zero-order valence-corrected chi connectivity index (χ0v) is 12.3. The summed E-state index contributed by atoms with van der Waals surface area (Å²) in [5.74, 6) is 0.557. The zero-order chi connectivity index (χ0) is 13.0. The monoisotopic (exact) mass is 324 g/mol. The molecule has 18 heavy (non-hydrogen) atoms. The van der Waals surface area contributed by atoms with E-state index in [-0.39, 0.29) is 0 Å². The van der Waals surface area contributed by atoms with Crippen molar-refractivity contribution in [2.75, 3.05) is 5.73 Å². The molecule has 2 N–H and O–H groups in total. The van der Waals surface area contributed by atoms with Crippen molar-refractivity contribution in [3.8, 4) is 0 Å². The van der Waals surface area contributed by atoms with Gasteiger partial charge in [0.25, 0.3) is 0 Å². The molecule has 0 bridgehead atoms. The molecular formula is C12H13BrN4S. The Balaban J connectivity index is 2.34. The molecule has 0 saturated carbocycles. The predicted molar refractivity (Wildman–Crippen MR) is 76.5 cm³/mol. The van der Waals surface area contributed by atoms with Crippen LogP contribution >= 0.6 is 27.7 Å². The Bertz CT molecular complexity index is 547. The quantitative estimate of drug-likeness (QED) is 0.874. The van der Waals surface area contributed by atoms with Gasteiger partial charge in [-0.1, -0.05) is 13.3 Å². The Labute approximate surface area is 119 Å². The Morgan fingerprint density at radius 2 is 2.11 bits per heavy atom. The van der Waals surface area contributed by atoms with Crippen LogP contribution in [0.15, 0.2) is 39.2 Å². The first-order chi connectivity index (χ1) is 8.72. The molecule has 0 aliphatic carbocycles. The summed E-state index contributed by atoms with van der Waals surface area (Å²) in [7, 11) is 0. The molecule has 2 heterocycles. The van der Waals surface area contributed by atoms with E-state index in [9.17, 15) is 0 Å². The summed E-state index contributed by atoms with van der Waals surface area (Å²) in [5.41, 5.74) is 6.90. The molecule has 2 rings (SSSR count). The van der Waals surface area contributed by atoms with Crippen LogP contribution in [0, 0.1) is 0 Å². The van der Waals surface area contributed by atoms with Gasteiger partial charge in [-0.2, -0.15) is 0 Å². The van der Waals surface area contributed by atoms with E-state index in [0.717, 1.165) is 32.9 Å². The lowest BCUT2D eigenvalue weighted by Crippen LogP contribution is -2.01. The van der Waals surface area contributed by atoms with E-state index in [1.54, 1.807) is 6.20 Å². The van der Waals surface area contributed by atoms with Crippen molar-refractivity contribution in [1.29, 1.82) is 0 Å². The second kappa shape index (κ2) is 6.15. The van der Waals surface area contributed by atoms with E-state index in [0.29, 0.717) is 5.82 Å². The van der Waals surface area contributed by atoms with Crippen molar-refractivity contribution in [1.82, 2.24) is 15.0 Å². The highest BCUT2D eigenvalue weighted by atomic mass is 79.9. The van der Waals surface area contributed by atoms with Gasteiger partial charge in [-0.3, -0.25) is 0 Å². The second-order valence-electron chi connectivity index (χ2n) is 3.69. The minimum atomic E-state index is 0.557. The number of nitrogens with two attached hydrogens (primary N) is 1. The van der Waals surface area contributed by atoms with Crippen molar-refractivity contribution in [2.24, 2.45) is 0 Å². The van der Waals surface area contributed by atoms with Gasteiger partial charge in [0.15, 0.2) is 0 Å². The molecule has 2 aromatic rings. The van der Waals surface area contributed by atoms with Crippen LogP contribution in [0.25, 0.3) is 0 Å². The summed E-state index contributed by atoms with van der Waals surface area (Å²) in [6, 6.07) is 3.84. The predicted octanol–water partition coefficient (Wildman–Crippen LogP) is 3.32. The van der Waals surface area contributed by atoms with Crippen molar-refractivity contribution in [3.05, 3.63) is 34.7 Å². The van der Waals surface area contributed by atoms with Crippen molar-refractivity contribution >= 4 is 33.5 Å². The fraction of sp³-hybridized carbons (Fsp3) is 0.250. The highest BCUT2D eigenvalue weighted by Gasteiger charge is 2.12. The minimum Gasteiger partial charge on any atom is -0.383 e. The summed E-state index contributed by atoms with van der Waals surface area (Å²) in [6.07, 6.45) is 5.14. The first-order valence-corrected chi connectivity index (χ1v) is 7.21. The average Bonchev–Trinajstić information content (AvgIpc) is 2.36. The molecule has 94 valence electrons. The third-order valence-corrected chi connectivity index (χ3v) is 4.32. The van der Waals surface area contributed by atoms with Crippen LogP contribution in [0.2, 0.25) is 0 Å². The van der Waals surface area contributed by atoms with Gasteiger partial charge in [0, 0.05) is 11.8 Å². The molecule has 6 heteroatoms. The van der Waals surface area contributed by atoms with E-state index in [1.807, 2.05) is 12.1 Å². The highest BCUT2D eigenvalue weighted by Crippen LogP contribution is 2.33. The summed E-state index contributed by atoms with van der Waals surface area (Å²) >= 11 is 4.98. The van der Waals surface area contributed by atoms with Crippen LogP contribution in [-0.4, -0.2) is 15.0 Å². The molecular weight excluding hydrogens is 312 g/mol. The average molecular weight is 325 g/mol. The van der Waals surface area contributed by atoms with E-state index in [1.165, 1.54) is 18.1 Å². The Hall–Kier alpha value is -1.14. The number of hydrogen-bond acceptors (Lipinski definition) is 5. The molecule has 0 spiro atoms. The molecule has 0 radical (unpaired) electrons. The van der Waals surface area contributed by atoms with Crippen LogP contribution in [0.3, 0.4) is 0 Å². The van der Waals surface area contributed by atoms with E-state index in [4.69, 9.17) is 5.73 Å². The molecule has 0 aromatic carbocycles. The summed E-state index contributed by atoms with van der Waals surface area (Å²) in [6.45, 7) is 2.11. The number of anilines is 1. The summed E-state index contributed by atoms with van der Waals surface area (Å²) in [5, 5.41) is 1.76. The second-order valence-corrected chi connectivity index (χ2v) is 5.52. The maximum absolute atomic E-state index is 5.90. The maximum Gasteiger partial charge on any atom is 0.131 e. The number of pyridine rings is 1. The Morgan fingerprint density at radius 3 is 2.83 bits per heavy atom. The Morgan fingerprint density at radius 1 is 1.28 bits per heavy atom. The molecule has 0 unspecified atom stereocenters. The smallest absolute Gasteiger partial charge is 0.131 e. The normalized spacial score (nSPS) is 10.6. The van der Waals surface area contributed by atoms with Gasteiger partial charge in [-0.15, -0.1) is 0 Å². The van der Waals surface area contributed by atoms with Gasteiger partial charge in [0.05, 0.1) is 4.47 Å². The third-order valence-electron chi connectivity index (χ3n) is 2.36. The number of aromatic nitrogens is 3. The highest BCUT2D eigenvalue weighted by molar-refractivity contribution is 9.10. The largest absolute Gasteiger partial charge is 0.383 e. The van der Waals surface area contributed by atoms with Crippen molar-refractivity contribution < 1.29 is 0 Å². The SMILES string of the molecule is CCCc1c(N)ncnc1Sc1ncccc1Br. The van der Waals surface area contributed by atoms with Crippen LogP contribution < -0.4 is 5.73 Å². The number of rotatable bonds is 4. The fourth-order valence-corrected chi connectivity index (χ4v) is 2.91. The molecule has 0 atom stereocenters. The number of halogens is 1. The van der Waals surface area contributed by atoms with Gasteiger partial charge in [0.2, 0.25) is 0 Å². The number of nitrogens with zero attached hydrogens (tertiary/aromatic N) is 3. The maximum atomic E-state index is 5.90. The van der Waals surface area contributed by atoms with E-state index >= 15 is 0 Å². The van der Waals surface area contributed by atoms with Crippen LogP contribution in [0.5, 0.6) is 0 Å². The molecule has 4 nitrogen and oxygen atoms in total. The lowest BCUT2D eigenvalue weighted by Gasteiger charge is -2.09. The van der Waals surface area contributed by atoms with Gasteiger partial charge in [0.1, 0.15) is 22.2 Å². The molecule has 0 amide bonds. The van der Waals surface area contributed by atoms with Crippen molar-refractivity contribution in [2.45, 2.75) is 29.8 Å². The standard InChI is InChI=1S/C12H13BrN4S/c1-2-4-8-10(14)16-7-17-11(8)18-12-9(13)5-3-6-15-12/h3,5-7H,2,4H2,1H3,(H2,14,16,17). The molecule has 0 fully saturated rings. The molecule has 0 aliphatic heterocycles. The third kappa shape index (κ3) is 3.00.